The smallest absolute Gasteiger partial charge is 0.355 e. The zero-order valence-electron chi connectivity index (χ0n) is 10.2. The number of phenolic OH excluding ortho intramolecular Hbond substituents is 1. The number of phenols is 1. The van der Waals surface area contributed by atoms with E-state index in [1.54, 1.807) is 24.3 Å². The summed E-state index contributed by atoms with van der Waals surface area (Å²) in [5.74, 6) is -1.10. The van der Waals surface area contributed by atoms with E-state index in [4.69, 9.17) is 5.73 Å². The average molecular weight is 270 g/mol. The van der Waals surface area contributed by atoms with Gasteiger partial charge in [-0.15, -0.1) is 5.10 Å². The molecule has 3 aromatic rings. The fraction of sp³-hybridized carbons (Fsp3) is 0. The van der Waals surface area contributed by atoms with Gasteiger partial charge in [-0.2, -0.15) is 4.98 Å². The van der Waals surface area contributed by atoms with Crippen LogP contribution in [0.25, 0.3) is 16.8 Å². The van der Waals surface area contributed by atoms with Crippen molar-refractivity contribution in [2.45, 2.75) is 0 Å². The van der Waals surface area contributed by atoms with Gasteiger partial charge >= 0.3 is 5.97 Å². The lowest BCUT2D eigenvalue weighted by molar-refractivity contribution is 0.0688. The number of aromatic carboxylic acids is 1. The van der Waals surface area contributed by atoms with Gasteiger partial charge in [-0.25, -0.2) is 9.31 Å². The number of pyridine rings is 1. The lowest BCUT2D eigenvalue weighted by atomic mass is 10.0. The first-order valence-corrected chi connectivity index (χ1v) is 5.74. The number of rotatable bonds is 2. The molecule has 0 bridgehead atoms. The molecule has 0 aliphatic rings. The van der Waals surface area contributed by atoms with Crippen molar-refractivity contribution >= 4 is 17.6 Å². The minimum atomic E-state index is -1.15. The van der Waals surface area contributed by atoms with E-state index in [1.807, 2.05) is 0 Å². The van der Waals surface area contributed by atoms with Crippen LogP contribution >= 0.6 is 0 Å². The summed E-state index contributed by atoms with van der Waals surface area (Å²) in [4.78, 5) is 15.4. The van der Waals surface area contributed by atoms with Crippen LogP contribution in [0.4, 0.5) is 5.95 Å². The van der Waals surface area contributed by atoms with Crippen LogP contribution in [0, 0.1) is 0 Å². The first kappa shape index (κ1) is 12.0. The van der Waals surface area contributed by atoms with Gasteiger partial charge < -0.3 is 15.9 Å². The minimum Gasteiger partial charge on any atom is -0.508 e. The molecule has 0 aliphatic heterocycles. The van der Waals surface area contributed by atoms with Gasteiger partial charge in [0.1, 0.15) is 5.75 Å². The second-order valence-electron chi connectivity index (χ2n) is 4.19. The Morgan fingerprint density at radius 2 is 2.05 bits per heavy atom. The molecule has 0 saturated carbocycles. The van der Waals surface area contributed by atoms with Crippen LogP contribution in [0.5, 0.6) is 5.75 Å². The molecule has 2 heterocycles. The topological polar surface area (TPSA) is 114 Å². The van der Waals surface area contributed by atoms with Gasteiger partial charge in [0.15, 0.2) is 11.3 Å². The Labute approximate surface area is 112 Å². The number of hydrogen-bond acceptors (Lipinski definition) is 5. The fourth-order valence-corrected chi connectivity index (χ4v) is 2.08. The Bertz CT molecular complexity index is 826. The van der Waals surface area contributed by atoms with Crippen molar-refractivity contribution in [3.63, 3.8) is 0 Å². The van der Waals surface area contributed by atoms with E-state index in [0.29, 0.717) is 16.8 Å². The summed E-state index contributed by atoms with van der Waals surface area (Å²) in [7, 11) is 0. The highest BCUT2D eigenvalue weighted by molar-refractivity contribution is 5.95. The molecule has 1 aromatic carbocycles. The second-order valence-corrected chi connectivity index (χ2v) is 4.19. The third-order valence-corrected chi connectivity index (χ3v) is 2.87. The van der Waals surface area contributed by atoms with Crippen molar-refractivity contribution in [1.82, 2.24) is 14.6 Å². The first-order valence-electron chi connectivity index (χ1n) is 5.74. The summed E-state index contributed by atoms with van der Waals surface area (Å²) >= 11 is 0. The third kappa shape index (κ3) is 1.81. The summed E-state index contributed by atoms with van der Waals surface area (Å²) in [6.07, 6.45) is 0. The highest BCUT2D eigenvalue weighted by atomic mass is 16.4. The number of anilines is 1. The number of nitrogens with zero attached hydrogens (tertiary/aromatic N) is 3. The number of hydrogen-bond donors (Lipinski definition) is 3. The van der Waals surface area contributed by atoms with E-state index in [-0.39, 0.29) is 17.4 Å². The molecule has 4 N–H and O–H groups in total. The summed E-state index contributed by atoms with van der Waals surface area (Å²) in [5.41, 5.74) is 6.78. The molecule has 0 atom stereocenters. The number of nitrogens with two attached hydrogens (primary N) is 1. The molecular formula is C13H10N4O3. The van der Waals surface area contributed by atoms with Gasteiger partial charge in [-0.05, 0) is 29.8 Å². The molecule has 0 amide bonds. The van der Waals surface area contributed by atoms with Crippen LogP contribution in [-0.4, -0.2) is 30.8 Å². The van der Waals surface area contributed by atoms with E-state index in [1.165, 1.54) is 16.6 Å². The maximum Gasteiger partial charge on any atom is 0.355 e. The lowest BCUT2D eigenvalue weighted by Gasteiger charge is -2.08. The van der Waals surface area contributed by atoms with Crippen molar-refractivity contribution in [3.05, 3.63) is 42.1 Å². The molecule has 7 heteroatoms. The van der Waals surface area contributed by atoms with Crippen LogP contribution in [0.2, 0.25) is 0 Å². The SMILES string of the molecule is Nc1nc2ccc(-c3cccc(O)c3)c(C(=O)O)n2n1. The molecule has 0 saturated heterocycles. The maximum absolute atomic E-state index is 11.5. The van der Waals surface area contributed by atoms with Crippen molar-refractivity contribution in [1.29, 1.82) is 0 Å². The van der Waals surface area contributed by atoms with E-state index in [0.717, 1.165) is 0 Å². The molecule has 7 nitrogen and oxygen atoms in total. The molecule has 0 radical (unpaired) electrons. The summed E-state index contributed by atoms with van der Waals surface area (Å²) < 4.78 is 1.18. The number of nitrogen functional groups attached to an aromatic ring is 1. The van der Waals surface area contributed by atoms with E-state index < -0.39 is 5.97 Å². The standard InChI is InChI=1S/C13H10N4O3/c14-13-15-10-5-4-9(7-2-1-3-8(18)6-7)11(12(19)20)17(10)16-13/h1-6,18H,(H2,14,16)(H,19,20). The third-order valence-electron chi connectivity index (χ3n) is 2.87. The number of carboxylic acid groups (broad SMARTS) is 1. The maximum atomic E-state index is 11.5. The number of aromatic nitrogens is 3. The van der Waals surface area contributed by atoms with E-state index >= 15 is 0 Å². The van der Waals surface area contributed by atoms with Gasteiger partial charge in [0.25, 0.3) is 0 Å². The molecule has 0 spiro atoms. The number of aromatic hydroxyl groups is 1. The van der Waals surface area contributed by atoms with Crippen LogP contribution in [-0.2, 0) is 0 Å². The monoisotopic (exact) mass is 270 g/mol. The predicted molar refractivity (Wildman–Crippen MR) is 71.5 cm³/mol. The quantitative estimate of drug-likeness (QED) is 0.648. The molecule has 3 rings (SSSR count). The van der Waals surface area contributed by atoms with Crippen LogP contribution in [0.3, 0.4) is 0 Å². The number of fused-ring (bicyclic) bond motifs is 1. The lowest BCUT2D eigenvalue weighted by Crippen LogP contribution is -2.09. The Morgan fingerprint density at radius 1 is 1.25 bits per heavy atom. The molecule has 0 unspecified atom stereocenters. The molecule has 2 aromatic heterocycles. The zero-order chi connectivity index (χ0) is 14.3. The normalized spacial score (nSPS) is 10.8. The van der Waals surface area contributed by atoms with Gasteiger partial charge in [0, 0.05) is 5.56 Å². The average Bonchev–Trinajstić information content (AvgIpc) is 2.77. The Hall–Kier alpha value is -3.09. The summed E-state index contributed by atoms with van der Waals surface area (Å²) in [5, 5.41) is 22.8. The molecule has 0 fully saturated rings. The van der Waals surface area contributed by atoms with Gasteiger partial charge in [0.05, 0.1) is 0 Å². The van der Waals surface area contributed by atoms with Crippen LogP contribution in [0.15, 0.2) is 36.4 Å². The highest BCUT2D eigenvalue weighted by Crippen LogP contribution is 2.27. The number of benzene rings is 1. The summed E-state index contributed by atoms with van der Waals surface area (Å²) in [6.45, 7) is 0. The van der Waals surface area contributed by atoms with Crippen molar-refractivity contribution in [2.75, 3.05) is 5.73 Å². The fourth-order valence-electron chi connectivity index (χ4n) is 2.08. The largest absolute Gasteiger partial charge is 0.508 e. The van der Waals surface area contributed by atoms with Crippen molar-refractivity contribution in [2.24, 2.45) is 0 Å². The van der Waals surface area contributed by atoms with Gasteiger partial charge in [0.2, 0.25) is 5.95 Å². The Balaban J connectivity index is 2.35. The van der Waals surface area contributed by atoms with Gasteiger partial charge in [-0.1, -0.05) is 12.1 Å². The van der Waals surface area contributed by atoms with E-state index in [2.05, 4.69) is 10.1 Å². The Morgan fingerprint density at radius 3 is 2.75 bits per heavy atom. The van der Waals surface area contributed by atoms with E-state index in [9.17, 15) is 15.0 Å². The number of carboxylic acids is 1. The second kappa shape index (κ2) is 4.23. The highest BCUT2D eigenvalue weighted by Gasteiger charge is 2.18. The van der Waals surface area contributed by atoms with Crippen molar-refractivity contribution in [3.8, 4) is 16.9 Å². The summed E-state index contributed by atoms with van der Waals surface area (Å²) in [6, 6.07) is 9.56. The molecule has 100 valence electrons. The van der Waals surface area contributed by atoms with Crippen molar-refractivity contribution < 1.29 is 15.0 Å². The minimum absolute atomic E-state index is 0.000518. The number of carbonyl (C=O) groups is 1. The van der Waals surface area contributed by atoms with Gasteiger partial charge in [-0.3, -0.25) is 0 Å². The zero-order valence-corrected chi connectivity index (χ0v) is 10.2. The molecule has 0 aliphatic carbocycles. The predicted octanol–water partition coefficient (Wildman–Crippen LogP) is 1.38. The molecule has 20 heavy (non-hydrogen) atoms. The Kier molecular flexibility index (Phi) is 2.53. The van der Waals surface area contributed by atoms with Crippen LogP contribution < -0.4 is 5.73 Å². The first-order chi connectivity index (χ1) is 9.56. The molecular weight excluding hydrogens is 260 g/mol. The van der Waals surface area contributed by atoms with Crippen LogP contribution in [0.1, 0.15) is 10.5 Å².